The first-order valence-electron chi connectivity index (χ1n) is 7.59. The topological polar surface area (TPSA) is 86.7 Å². The fourth-order valence-corrected chi connectivity index (χ4v) is 4.46. The predicted molar refractivity (Wildman–Crippen MR) is 95.5 cm³/mol. The van der Waals surface area contributed by atoms with E-state index in [1.807, 2.05) is 0 Å². The molecule has 24 heavy (non-hydrogen) atoms. The quantitative estimate of drug-likeness (QED) is 0.821. The molecule has 0 radical (unpaired) electrons. The van der Waals surface area contributed by atoms with E-state index >= 15 is 0 Å². The van der Waals surface area contributed by atoms with E-state index in [-0.39, 0.29) is 24.1 Å². The number of hydrogen-bond acceptors (Lipinski definition) is 4. The van der Waals surface area contributed by atoms with Crippen molar-refractivity contribution >= 4 is 44.8 Å². The fraction of sp³-hybridized carbons (Fsp3) is 0.533. The van der Waals surface area contributed by atoms with Crippen molar-refractivity contribution < 1.29 is 18.3 Å². The molecule has 0 spiro atoms. The zero-order valence-corrected chi connectivity index (χ0v) is 15.5. The number of hydrogen-bond donors (Lipinski definition) is 2. The number of amides is 2. The van der Waals surface area contributed by atoms with Crippen molar-refractivity contribution in [3.63, 3.8) is 0 Å². The summed E-state index contributed by atoms with van der Waals surface area (Å²) >= 11 is 12.0. The minimum atomic E-state index is -3.03. The zero-order chi connectivity index (χ0) is 17.9. The van der Waals surface area contributed by atoms with E-state index in [9.17, 15) is 18.3 Å². The van der Waals surface area contributed by atoms with Crippen molar-refractivity contribution in [2.45, 2.75) is 31.9 Å². The number of aliphatic hydroxyl groups is 1. The van der Waals surface area contributed by atoms with Crippen LogP contribution in [0, 0.1) is 0 Å². The van der Waals surface area contributed by atoms with Crippen LogP contribution in [0.5, 0.6) is 0 Å². The molecule has 1 saturated heterocycles. The second kappa shape index (κ2) is 7.91. The summed E-state index contributed by atoms with van der Waals surface area (Å²) in [6.45, 7) is 1.68. The number of halogens is 2. The summed E-state index contributed by atoms with van der Waals surface area (Å²) in [5, 5.41) is 13.1. The maximum absolute atomic E-state index is 12.6. The van der Waals surface area contributed by atoms with Gasteiger partial charge in [0.1, 0.15) is 9.84 Å². The number of carbonyl (C=O) groups is 1. The minimum absolute atomic E-state index is 0.0409. The third kappa shape index (κ3) is 5.24. The smallest absolute Gasteiger partial charge is 0.322 e. The van der Waals surface area contributed by atoms with Crippen molar-refractivity contribution in [1.29, 1.82) is 0 Å². The van der Waals surface area contributed by atoms with Crippen LogP contribution in [0.3, 0.4) is 0 Å². The average Bonchev–Trinajstić information content (AvgIpc) is 2.48. The van der Waals surface area contributed by atoms with Gasteiger partial charge in [-0.1, -0.05) is 23.2 Å². The molecule has 134 valence electrons. The second-order valence-electron chi connectivity index (χ2n) is 5.94. The van der Waals surface area contributed by atoms with Crippen LogP contribution in [-0.2, 0) is 9.84 Å². The van der Waals surface area contributed by atoms with Crippen LogP contribution < -0.4 is 5.32 Å². The molecule has 0 aliphatic carbocycles. The lowest BCUT2D eigenvalue weighted by molar-refractivity contribution is 0.114. The van der Waals surface area contributed by atoms with Crippen molar-refractivity contribution in [3.05, 3.63) is 28.2 Å². The summed E-state index contributed by atoms with van der Waals surface area (Å²) < 4.78 is 23.2. The molecule has 6 nitrogen and oxygen atoms in total. The number of benzene rings is 1. The third-order valence-electron chi connectivity index (χ3n) is 3.86. The predicted octanol–water partition coefficient (Wildman–Crippen LogP) is 2.79. The van der Waals surface area contributed by atoms with Crippen LogP contribution in [0.1, 0.15) is 19.8 Å². The minimum Gasteiger partial charge on any atom is -0.392 e. The molecular formula is C15H20Cl2N2O4S. The molecule has 0 saturated carbocycles. The van der Waals surface area contributed by atoms with Gasteiger partial charge in [0.15, 0.2) is 0 Å². The molecule has 9 heteroatoms. The third-order valence-corrected chi connectivity index (χ3v) is 6.14. The van der Waals surface area contributed by atoms with Gasteiger partial charge >= 0.3 is 6.03 Å². The van der Waals surface area contributed by atoms with Crippen molar-refractivity contribution in [2.24, 2.45) is 0 Å². The van der Waals surface area contributed by atoms with E-state index in [2.05, 4.69) is 5.32 Å². The van der Waals surface area contributed by atoms with Gasteiger partial charge < -0.3 is 15.3 Å². The van der Waals surface area contributed by atoms with Crippen LogP contribution in [-0.4, -0.2) is 54.7 Å². The van der Waals surface area contributed by atoms with Crippen LogP contribution in [0.25, 0.3) is 0 Å². The lowest BCUT2D eigenvalue weighted by atomic mass is 10.1. The van der Waals surface area contributed by atoms with Crippen LogP contribution >= 0.6 is 23.2 Å². The monoisotopic (exact) mass is 394 g/mol. The highest BCUT2D eigenvalue weighted by atomic mass is 35.5. The van der Waals surface area contributed by atoms with E-state index in [0.29, 0.717) is 28.6 Å². The molecular weight excluding hydrogens is 375 g/mol. The van der Waals surface area contributed by atoms with Gasteiger partial charge in [-0.25, -0.2) is 13.2 Å². The first kappa shape index (κ1) is 19.3. The Kier molecular flexibility index (Phi) is 6.36. The lowest BCUT2D eigenvalue weighted by Crippen LogP contribution is -2.49. The molecule has 2 rings (SSSR count). The number of rotatable bonds is 4. The number of nitrogens with one attached hydrogen (secondary N) is 1. The Hall–Kier alpha value is -1.02. The normalized spacial score (nSPS) is 18.8. The molecule has 1 aliphatic heterocycles. The number of anilines is 1. The van der Waals surface area contributed by atoms with Crippen LogP contribution in [0.2, 0.25) is 10.0 Å². The SMILES string of the molecule is C[C@H](O)CN(C(=O)Nc1cc(Cl)ccc1Cl)C1CCS(=O)(=O)CC1. The largest absolute Gasteiger partial charge is 0.392 e. The second-order valence-corrected chi connectivity index (χ2v) is 9.09. The van der Waals surface area contributed by atoms with Gasteiger partial charge in [-0.15, -0.1) is 0 Å². The van der Waals surface area contributed by atoms with E-state index in [1.165, 1.54) is 11.0 Å². The molecule has 0 aromatic heterocycles. The van der Waals surface area contributed by atoms with E-state index in [4.69, 9.17) is 23.2 Å². The Morgan fingerprint density at radius 1 is 1.38 bits per heavy atom. The Morgan fingerprint density at radius 3 is 2.58 bits per heavy atom. The number of sulfone groups is 1. The van der Waals surface area contributed by atoms with Gasteiger partial charge in [0.2, 0.25) is 0 Å². The summed E-state index contributed by atoms with van der Waals surface area (Å²) in [6.07, 6.45) is -0.0264. The van der Waals surface area contributed by atoms with Gasteiger partial charge in [-0.05, 0) is 38.0 Å². The highest BCUT2D eigenvalue weighted by Gasteiger charge is 2.31. The highest BCUT2D eigenvalue weighted by molar-refractivity contribution is 7.91. The zero-order valence-electron chi connectivity index (χ0n) is 13.2. The number of carbonyl (C=O) groups excluding carboxylic acids is 1. The number of aliphatic hydroxyl groups excluding tert-OH is 1. The van der Waals surface area contributed by atoms with Crippen LogP contribution in [0.15, 0.2) is 18.2 Å². The molecule has 0 unspecified atom stereocenters. The van der Waals surface area contributed by atoms with Gasteiger partial charge in [-0.3, -0.25) is 0 Å². The molecule has 0 bridgehead atoms. The number of urea groups is 1. The summed E-state index contributed by atoms with van der Waals surface area (Å²) in [5.41, 5.74) is 0.369. The summed E-state index contributed by atoms with van der Waals surface area (Å²) in [5.74, 6) is 0.0817. The summed E-state index contributed by atoms with van der Waals surface area (Å²) in [4.78, 5) is 14.1. The van der Waals surface area contributed by atoms with Crippen molar-refractivity contribution in [1.82, 2.24) is 4.90 Å². The molecule has 1 heterocycles. The number of nitrogens with zero attached hydrogens (tertiary/aromatic N) is 1. The molecule has 1 aromatic rings. The van der Waals surface area contributed by atoms with E-state index in [1.54, 1.807) is 19.1 Å². The van der Waals surface area contributed by atoms with Crippen molar-refractivity contribution in [2.75, 3.05) is 23.4 Å². The molecule has 1 aliphatic rings. The van der Waals surface area contributed by atoms with Gasteiger partial charge in [-0.2, -0.15) is 0 Å². The molecule has 2 N–H and O–H groups in total. The molecule has 1 fully saturated rings. The van der Waals surface area contributed by atoms with Gasteiger partial charge in [0.05, 0.1) is 28.3 Å². The van der Waals surface area contributed by atoms with Gasteiger partial charge in [0.25, 0.3) is 0 Å². The maximum atomic E-state index is 12.6. The Balaban J connectivity index is 2.15. The maximum Gasteiger partial charge on any atom is 0.322 e. The summed E-state index contributed by atoms with van der Waals surface area (Å²) in [6, 6.07) is 4.03. The Labute approximate surface area is 151 Å². The first-order valence-corrected chi connectivity index (χ1v) is 10.2. The first-order chi connectivity index (χ1) is 11.2. The lowest BCUT2D eigenvalue weighted by Gasteiger charge is -2.35. The van der Waals surface area contributed by atoms with E-state index < -0.39 is 22.0 Å². The standard InChI is InChI=1S/C15H20Cl2N2O4S/c1-10(20)9-19(12-4-6-24(22,23)7-5-12)15(21)18-14-8-11(16)2-3-13(14)17/h2-3,8,10,12,20H,4-7,9H2,1H3,(H,18,21)/t10-/m0/s1. The fourth-order valence-electron chi connectivity index (χ4n) is 2.65. The molecule has 1 aromatic carbocycles. The Morgan fingerprint density at radius 2 is 2.00 bits per heavy atom. The highest BCUT2D eigenvalue weighted by Crippen LogP contribution is 2.27. The Bertz CT molecular complexity index is 695. The van der Waals surface area contributed by atoms with Crippen LogP contribution in [0.4, 0.5) is 10.5 Å². The molecule has 1 atom stereocenters. The van der Waals surface area contributed by atoms with Gasteiger partial charge in [0, 0.05) is 17.6 Å². The van der Waals surface area contributed by atoms with Crippen molar-refractivity contribution in [3.8, 4) is 0 Å². The molecule has 2 amide bonds. The van der Waals surface area contributed by atoms with E-state index in [0.717, 1.165) is 0 Å². The average molecular weight is 395 g/mol. The summed E-state index contributed by atoms with van der Waals surface area (Å²) in [7, 11) is -3.03.